The number of aromatic nitrogens is 1. The first-order valence-corrected chi connectivity index (χ1v) is 2.64. The Morgan fingerprint density at radius 2 is 2.00 bits per heavy atom. The van der Waals surface area contributed by atoms with E-state index < -0.39 is 23.4 Å². The van der Waals surface area contributed by atoms with Gasteiger partial charge in [0.1, 0.15) is 5.82 Å². The van der Waals surface area contributed by atoms with Gasteiger partial charge in [0, 0.05) is 12.1 Å². The Labute approximate surface area is 88.7 Å². The van der Waals surface area contributed by atoms with Crippen molar-refractivity contribution < 1.29 is 48.2 Å². The Balaban J connectivity index is 0.00000121. The van der Waals surface area contributed by atoms with E-state index in [4.69, 9.17) is 0 Å². The normalized spacial score (nSPS) is 8.83. The minimum atomic E-state index is -1.71. The molecule has 0 spiro atoms. The Bertz CT molecular complexity index is 285. The largest absolute Gasteiger partial charge is 1.00 e. The van der Waals surface area contributed by atoms with Crippen LogP contribution in [-0.2, 0) is 0 Å². The molecule has 0 saturated carbocycles. The molecule has 6 heteroatoms. The van der Waals surface area contributed by atoms with Crippen LogP contribution in [0, 0.1) is 11.8 Å². The van der Waals surface area contributed by atoms with Gasteiger partial charge in [-0.3, -0.25) is 0 Å². The third-order valence-corrected chi connectivity index (χ3v) is 0.968. The van der Waals surface area contributed by atoms with Gasteiger partial charge in [-0.2, -0.15) is 4.39 Å². The van der Waals surface area contributed by atoms with Gasteiger partial charge >= 0.3 is 29.6 Å². The van der Waals surface area contributed by atoms with E-state index in [9.17, 15) is 18.7 Å². The molecule has 12 heavy (non-hydrogen) atoms. The third kappa shape index (κ3) is 2.84. The number of carboxylic acid groups (broad SMARTS) is 1. The van der Waals surface area contributed by atoms with Crippen molar-refractivity contribution in [1.82, 2.24) is 4.98 Å². The van der Waals surface area contributed by atoms with E-state index in [0.717, 1.165) is 0 Å². The summed E-state index contributed by atoms with van der Waals surface area (Å²) in [5.41, 5.74) is -0.748. The van der Waals surface area contributed by atoms with Gasteiger partial charge in [0.05, 0.1) is 11.7 Å². The molecular weight excluding hydrogens is 179 g/mol. The average molecular weight is 181 g/mol. The molecule has 58 valence electrons. The van der Waals surface area contributed by atoms with Crippen LogP contribution in [0.5, 0.6) is 0 Å². The maximum Gasteiger partial charge on any atom is 1.00 e. The number of hydrogen-bond acceptors (Lipinski definition) is 3. The van der Waals surface area contributed by atoms with Crippen molar-refractivity contribution in [3.63, 3.8) is 0 Å². The van der Waals surface area contributed by atoms with Gasteiger partial charge in [0.2, 0.25) is 5.95 Å². The van der Waals surface area contributed by atoms with Crippen LogP contribution in [0.1, 0.15) is 10.5 Å². The first kappa shape index (κ1) is 11.5. The molecule has 1 rings (SSSR count). The van der Waals surface area contributed by atoms with E-state index in [1.165, 1.54) is 0 Å². The number of carboxylic acids is 1. The molecule has 0 atom stereocenters. The molecule has 0 radical (unpaired) electrons. The van der Waals surface area contributed by atoms with E-state index in [1.54, 1.807) is 0 Å². The van der Waals surface area contributed by atoms with Crippen molar-refractivity contribution in [2.75, 3.05) is 0 Å². The van der Waals surface area contributed by atoms with Crippen molar-refractivity contribution in [3.8, 4) is 0 Å². The maximum atomic E-state index is 12.2. The van der Waals surface area contributed by atoms with Crippen LogP contribution in [0.3, 0.4) is 0 Å². The minimum Gasteiger partial charge on any atom is -0.543 e. The van der Waals surface area contributed by atoms with Gasteiger partial charge in [0.25, 0.3) is 0 Å². The summed E-state index contributed by atoms with van der Waals surface area (Å²) in [4.78, 5) is 12.9. The fourth-order valence-electron chi connectivity index (χ4n) is 0.570. The van der Waals surface area contributed by atoms with E-state index in [1.807, 2.05) is 0 Å². The zero-order chi connectivity index (χ0) is 8.43. The van der Waals surface area contributed by atoms with Gasteiger partial charge in [-0.25, -0.2) is 9.37 Å². The molecule has 0 amide bonds. The molecule has 0 aliphatic heterocycles. The van der Waals surface area contributed by atoms with Crippen molar-refractivity contribution >= 4 is 5.97 Å². The fraction of sp³-hybridized carbons (Fsp3) is 0. The van der Waals surface area contributed by atoms with Gasteiger partial charge < -0.3 is 9.90 Å². The first-order chi connectivity index (χ1) is 5.09. The number of pyridine rings is 1. The number of hydrogen-bond donors (Lipinski definition) is 0. The zero-order valence-electron chi connectivity index (χ0n) is 6.17. The van der Waals surface area contributed by atoms with E-state index >= 15 is 0 Å². The van der Waals surface area contributed by atoms with Crippen LogP contribution in [0.2, 0.25) is 0 Å². The third-order valence-electron chi connectivity index (χ3n) is 0.968. The summed E-state index contributed by atoms with van der Waals surface area (Å²) in [5.74, 6) is -3.87. The van der Waals surface area contributed by atoms with E-state index in [0.29, 0.717) is 12.1 Å². The minimum absolute atomic E-state index is 0. The van der Waals surface area contributed by atoms with Crippen molar-refractivity contribution in [2.24, 2.45) is 0 Å². The van der Waals surface area contributed by atoms with Crippen LogP contribution in [0.15, 0.2) is 12.1 Å². The first-order valence-electron chi connectivity index (χ1n) is 2.64. The summed E-state index contributed by atoms with van der Waals surface area (Å²) in [5, 5.41) is 10.00. The summed E-state index contributed by atoms with van der Waals surface area (Å²) in [6.07, 6.45) is 0. The Morgan fingerprint density at radius 3 is 2.42 bits per heavy atom. The SMILES string of the molecule is O=C([O-])c1cc(F)cc(F)n1.[Na+]. The summed E-state index contributed by atoms with van der Waals surface area (Å²) < 4.78 is 24.4. The molecule has 0 bridgehead atoms. The van der Waals surface area contributed by atoms with Gasteiger partial charge in [-0.15, -0.1) is 0 Å². The number of halogens is 2. The van der Waals surface area contributed by atoms with Crippen LogP contribution in [-0.4, -0.2) is 11.0 Å². The molecule has 0 aliphatic carbocycles. The predicted octanol–water partition coefficient (Wildman–Crippen LogP) is -3.27. The van der Waals surface area contributed by atoms with Crippen molar-refractivity contribution in [3.05, 3.63) is 29.6 Å². The summed E-state index contributed by atoms with van der Waals surface area (Å²) >= 11 is 0. The van der Waals surface area contributed by atoms with Crippen LogP contribution in [0.4, 0.5) is 8.78 Å². The van der Waals surface area contributed by atoms with E-state index in [-0.39, 0.29) is 29.6 Å². The topological polar surface area (TPSA) is 53.0 Å². The monoisotopic (exact) mass is 181 g/mol. The Hall–Kier alpha value is -0.520. The quantitative estimate of drug-likeness (QED) is 0.337. The second-order valence-corrected chi connectivity index (χ2v) is 1.78. The zero-order valence-corrected chi connectivity index (χ0v) is 8.17. The molecule has 0 N–H and O–H groups in total. The standard InChI is InChI=1S/C6H3F2NO2.Na/c7-3-1-4(6(10)11)9-5(8)2-3;/h1-2H,(H,10,11);/q;+1/p-1. The number of carbonyl (C=O) groups excluding carboxylic acids is 1. The molecule has 3 nitrogen and oxygen atoms in total. The molecule has 0 fully saturated rings. The second kappa shape index (κ2) is 4.49. The smallest absolute Gasteiger partial charge is 0.543 e. The molecule has 1 heterocycles. The molecule has 0 aromatic carbocycles. The summed E-state index contributed by atoms with van der Waals surface area (Å²) in [6.45, 7) is 0. The molecule has 0 saturated heterocycles. The number of nitrogens with zero attached hydrogens (tertiary/aromatic N) is 1. The second-order valence-electron chi connectivity index (χ2n) is 1.78. The van der Waals surface area contributed by atoms with Crippen molar-refractivity contribution in [1.29, 1.82) is 0 Å². The Kier molecular flexibility index (Phi) is 4.30. The number of aromatic carboxylic acids is 1. The molecule has 0 aliphatic rings. The Morgan fingerprint density at radius 1 is 1.42 bits per heavy atom. The van der Waals surface area contributed by atoms with Crippen LogP contribution < -0.4 is 34.7 Å². The molecule has 0 unspecified atom stereocenters. The summed E-state index contributed by atoms with van der Waals surface area (Å²) in [7, 11) is 0. The fourth-order valence-corrected chi connectivity index (χ4v) is 0.570. The maximum absolute atomic E-state index is 12.2. The molecule has 1 aromatic heterocycles. The predicted molar refractivity (Wildman–Crippen MR) is 28.5 cm³/mol. The summed E-state index contributed by atoms with van der Waals surface area (Å²) in [6, 6.07) is 1.06. The van der Waals surface area contributed by atoms with Crippen molar-refractivity contribution in [2.45, 2.75) is 0 Å². The van der Waals surface area contributed by atoms with Crippen LogP contribution >= 0.6 is 0 Å². The van der Waals surface area contributed by atoms with Crippen LogP contribution in [0.25, 0.3) is 0 Å². The van der Waals surface area contributed by atoms with Gasteiger partial charge in [0.15, 0.2) is 0 Å². The van der Waals surface area contributed by atoms with Gasteiger partial charge in [-0.05, 0) is 0 Å². The number of carbonyl (C=O) groups is 1. The van der Waals surface area contributed by atoms with Gasteiger partial charge in [-0.1, -0.05) is 0 Å². The molecule has 1 aromatic rings. The molecular formula is C6H2F2NNaO2. The van der Waals surface area contributed by atoms with E-state index in [2.05, 4.69) is 4.98 Å². The number of rotatable bonds is 1. The average Bonchev–Trinajstić information content (AvgIpc) is 1.85.